The zero-order valence-corrected chi connectivity index (χ0v) is 15.4. The molecule has 1 rings (SSSR count). The number of nitrogens with one attached hydrogen (secondary N) is 2. The highest BCUT2D eigenvalue weighted by Crippen LogP contribution is 2.12. The van der Waals surface area contributed by atoms with Gasteiger partial charge in [0.1, 0.15) is 9.84 Å². The van der Waals surface area contributed by atoms with Crippen LogP contribution in [0.1, 0.15) is 33.6 Å². The van der Waals surface area contributed by atoms with E-state index in [1.54, 1.807) is 0 Å². The van der Waals surface area contributed by atoms with E-state index >= 15 is 0 Å². The summed E-state index contributed by atoms with van der Waals surface area (Å²) in [6, 6.07) is 0.186. The van der Waals surface area contributed by atoms with Crippen LogP contribution in [0.3, 0.4) is 0 Å². The van der Waals surface area contributed by atoms with Gasteiger partial charge in [-0.25, -0.2) is 8.42 Å². The lowest BCUT2D eigenvalue weighted by atomic mass is 10.2. The molecule has 1 atom stereocenters. The Labute approximate surface area is 139 Å². The van der Waals surface area contributed by atoms with E-state index in [1.165, 1.54) is 6.26 Å². The first-order valence-corrected chi connectivity index (χ1v) is 10.3. The lowest BCUT2D eigenvalue weighted by molar-refractivity contribution is -0.133. The van der Waals surface area contributed by atoms with Crippen LogP contribution in [0.5, 0.6) is 0 Å². The maximum Gasteiger partial charge on any atom is 0.225 e. The highest BCUT2D eigenvalue weighted by molar-refractivity contribution is 7.90. The Morgan fingerprint density at radius 1 is 1.39 bits per heavy atom. The molecule has 134 valence electrons. The van der Waals surface area contributed by atoms with Gasteiger partial charge in [0.05, 0.1) is 5.75 Å². The molecule has 0 aromatic rings. The van der Waals surface area contributed by atoms with Crippen LogP contribution >= 0.6 is 0 Å². The summed E-state index contributed by atoms with van der Waals surface area (Å²) in [5.41, 5.74) is 0. The second-order valence-electron chi connectivity index (χ2n) is 6.31. The number of rotatable bonds is 7. The van der Waals surface area contributed by atoms with Gasteiger partial charge in [0, 0.05) is 44.4 Å². The zero-order chi connectivity index (χ0) is 17.5. The van der Waals surface area contributed by atoms with E-state index in [0.717, 1.165) is 19.5 Å². The van der Waals surface area contributed by atoms with Gasteiger partial charge in [-0.15, -0.1) is 0 Å². The monoisotopic (exact) mass is 346 g/mol. The van der Waals surface area contributed by atoms with Crippen LogP contribution in [0, 0.1) is 5.92 Å². The number of amides is 1. The third kappa shape index (κ3) is 7.67. The number of sulfone groups is 1. The lowest BCUT2D eigenvalue weighted by Gasteiger charge is -2.20. The smallest absolute Gasteiger partial charge is 0.225 e. The molecule has 8 heteroatoms. The Morgan fingerprint density at radius 2 is 2.09 bits per heavy atom. The van der Waals surface area contributed by atoms with Crippen molar-refractivity contribution in [2.45, 2.75) is 39.7 Å². The van der Waals surface area contributed by atoms with E-state index in [9.17, 15) is 13.2 Å². The second-order valence-corrected chi connectivity index (χ2v) is 8.57. The molecule has 0 saturated carbocycles. The standard InChI is InChI=1S/C15H30N4O3S/c1-5-16-15(17-8-6-10-23(4,21)22)18-13-7-9-19(11-13)14(20)12(2)3/h12-13H,5-11H2,1-4H3,(H2,16,17,18). The Morgan fingerprint density at radius 3 is 2.65 bits per heavy atom. The molecule has 1 fully saturated rings. The molecular formula is C15H30N4O3S. The largest absolute Gasteiger partial charge is 0.357 e. The number of hydrogen-bond acceptors (Lipinski definition) is 4. The zero-order valence-electron chi connectivity index (χ0n) is 14.6. The van der Waals surface area contributed by atoms with Gasteiger partial charge >= 0.3 is 0 Å². The van der Waals surface area contributed by atoms with Gasteiger partial charge < -0.3 is 15.5 Å². The highest BCUT2D eigenvalue weighted by atomic mass is 32.2. The number of hydrogen-bond donors (Lipinski definition) is 2. The Balaban J connectivity index is 2.48. The van der Waals surface area contributed by atoms with E-state index in [0.29, 0.717) is 25.5 Å². The molecule has 0 spiro atoms. The van der Waals surface area contributed by atoms with Crippen LogP contribution in [0.15, 0.2) is 4.99 Å². The molecule has 1 amide bonds. The molecule has 2 N–H and O–H groups in total. The number of carbonyl (C=O) groups excluding carboxylic acids is 1. The number of nitrogens with zero attached hydrogens (tertiary/aromatic N) is 2. The van der Waals surface area contributed by atoms with Crippen LogP contribution in [0.4, 0.5) is 0 Å². The van der Waals surface area contributed by atoms with E-state index in [4.69, 9.17) is 0 Å². The second kappa shape index (κ2) is 9.10. The van der Waals surface area contributed by atoms with Crippen molar-refractivity contribution < 1.29 is 13.2 Å². The quantitative estimate of drug-likeness (QED) is 0.391. The first-order valence-electron chi connectivity index (χ1n) is 8.24. The molecule has 0 aromatic carbocycles. The van der Waals surface area contributed by atoms with Crippen LogP contribution < -0.4 is 10.6 Å². The molecular weight excluding hydrogens is 316 g/mol. The Hall–Kier alpha value is -1.31. The van der Waals surface area contributed by atoms with Gasteiger partial charge in [-0.1, -0.05) is 13.8 Å². The average molecular weight is 346 g/mol. The summed E-state index contributed by atoms with van der Waals surface area (Å²) in [5, 5.41) is 6.49. The number of aliphatic imine (C=N–C) groups is 1. The van der Waals surface area contributed by atoms with E-state index in [2.05, 4.69) is 15.6 Å². The SMILES string of the molecule is CCNC(=NCCCS(C)(=O)=O)NC1CCN(C(=O)C(C)C)C1. The predicted molar refractivity (Wildman–Crippen MR) is 93.3 cm³/mol. The van der Waals surface area contributed by atoms with Crippen molar-refractivity contribution in [1.82, 2.24) is 15.5 Å². The minimum atomic E-state index is -2.94. The third-order valence-corrected chi connectivity index (χ3v) is 4.65. The molecule has 0 radical (unpaired) electrons. The van der Waals surface area contributed by atoms with Crippen molar-refractivity contribution in [2.75, 3.05) is 38.2 Å². The molecule has 1 aliphatic heterocycles. The maximum absolute atomic E-state index is 12.0. The molecule has 1 unspecified atom stereocenters. The fourth-order valence-electron chi connectivity index (χ4n) is 2.47. The van der Waals surface area contributed by atoms with Crippen molar-refractivity contribution in [2.24, 2.45) is 10.9 Å². The number of likely N-dealkylation sites (tertiary alicyclic amines) is 1. The maximum atomic E-state index is 12.0. The van der Waals surface area contributed by atoms with Crippen molar-refractivity contribution in [3.63, 3.8) is 0 Å². The highest BCUT2D eigenvalue weighted by Gasteiger charge is 2.27. The van der Waals surface area contributed by atoms with Crippen LogP contribution in [0.25, 0.3) is 0 Å². The molecule has 1 heterocycles. The average Bonchev–Trinajstić information content (AvgIpc) is 2.90. The fraction of sp³-hybridized carbons (Fsp3) is 0.867. The van der Waals surface area contributed by atoms with E-state index in [-0.39, 0.29) is 23.6 Å². The lowest BCUT2D eigenvalue weighted by Crippen LogP contribution is -2.45. The van der Waals surface area contributed by atoms with Crippen LogP contribution in [-0.4, -0.2) is 69.4 Å². The fourth-order valence-corrected chi connectivity index (χ4v) is 3.13. The minimum Gasteiger partial charge on any atom is -0.357 e. The van der Waals surface area contributed by atoms with Gasteiger partial charge in [-0.2, -0.15) is 0 Å². The molecule has 23 heavy (non-hydrogen) atoms. The summed E-state index contributed by atoms with van der Waals surface area (Å²) >= 11 is 0. The van der Waals surface area contributed by atoms with Crippen molar-refractivity contribution in [3.8, 4) is 0 Å². The normalized spacial score (nSPS) is 19.3. The van der Waals surface area contributed by atoms with Crippen LogP contribution in [0.2, 0.25) is 0 Å². The first-order chi connectivity index (χ1) is 10.7. The van der Waals surface area contributed by atoms with Gasteiger partial charge in [0.25, 0.3) is 0 Å². The summed E-state index contributed by atoms with van der Waals surface area (Å²) in [6.07, 6.45) is 2.64. The summed E-state index contributed by atoms with van der Waals surface area (Å²) in [7, 11) is -2.94. The van der Waals surface area contributed by atoms with Crippen molar-refractivity contribution in [3.05, 3.63) is 0 Å². The molecule has 0 bridgehead atoms. The Kier molecular flexibility index (Phi) is 7.81. The summed E-state index contributed by atoms with van der Waals surface area (Å²) in [4.78, 5) is 18.3. The van der Waals surface area contributed by atoms with Gasteiger partial charge in [-0.05, 0) is 19.8 Å². The van der Waals surface area contributed by atoms with E-state index in [1.807, 2.05) is 25.7 Å². The van der Waals surface area contributed by atoms with Gasteiger partial charge in [0.15, 0.2) is 5.96 Å². The van der Waals surface area contributed by atoms with Gasteiger partial charge in [0.2, 0.25) is 5.91 Å². The molecule has 0 aliphatic carbocycles. The first kappa shape index (κ1) is 19.7. The van der Waals surface area contributed by atoms with Crippen LogP contribution in [-0.2, 0) is 14.6 Å². The summed E-state index contributed by atoms with van der Waals surface area (Å²) in [5.74, 6) is 1.04. The minimum absolute atomic E-state index is 0.0200. The summed E-state index contributed by atoms with van der Waals surface area (Å²) in [6.45, 7) is 8.46. The topological polar surface area (TPSA) is 90.9 Å². The van der Waals surface area contributed by atoms with Crippen molar-refractivity contribution >= 4 is 21.7 Å². The van der Waals surface area contributed by atoms with E-state index < -0.39 is 9.84 Å². The molecule has 1 aliphatic rings. The number of carbonyl (C=O) groups is 1. The van der Waals surface area contributed by atoms with Gasteiger partial charge in [-0.3, -0.25) is 9.79 Å². The number of guanidine groups is 1. The van der Waals surface area contributed by atoms with Crippen molar-refractivity contribution in [1.29, 1.82) is 0 Å². The molecule has 7 nitrogen and oxygen atoms in total. The molecule has 1 saturated heterocycles. The Bertz CT molecular complexity index is 517. The third-order valence-electron chi connectivity index (χ3n) is 3.62. The molecule has 0 aromatic heterocycles. The summed E-state index contributed by atoms with van der Waals surface area (Å²) < 4.78 is 22.2. The predicted octanol–water partition coefficient (Wildman–Crippen LogP) is 0.233.